The maximum atomic E-state index is 6.15. The average molecular weight is 350 g/mol. The number of aryl methyl sites for hydroxylation is 1. The SMILES string of the molecule is Cc1cc(Br)cc(-c2nc(N3CCC(C)C(N)C3)n[nH]2)c1. The molecule has 1 aliphatic rings. The second-order valence-corrected chi connectivity index (χ2v) is 6.79. The van der Waals surface area contributed by atoms with Crippen LogP contribution in [0.2, 0.25) is 0 Å². The summed E-state index contributed by atoms with van der Waals surface area (Å²) in [6.45, 7) is 6.05. The second-order valence-electron chi connectivity index (χ2n) is 5.88. The van der Waals surface area contributed by atoms with Gasteiger partial charge in [0.2, 0.25) is 5.95 Å². The van der Waals surface area contributed by atoms with Crippen LogP contribution < -0.4 is 10.6 Å². The van der Waals surface area contributed by atoms with E-state index in [0.717, 1.165) is 41.3 Å². The Morgan fingerprint density at radius 2 is 2.19 bits per heavy atom. The number of hydrogen-bond acceptors (Lipinski definition) is 4. The number of rotatable bonds is 2. The van der Waals surface area contributed by atoms with Gasteiger partial charge >= 0.3 is 0 Å². The van der Waals surface area contributed by atoms with Crippen LogP contribution in [0, 0.1) is 12.8 Å². The van der Waals surface area contributed by atoms with E-state index < -0.39 is 0 Å². The highest BCUT2D eigenvalue weighted by molar-refractivity contribution is 9.10. The van der Waals surface area contributed by atoms with Crippen LogP contribution in [0.3, 0.4) is 0 Å². The third kappa shape index (κ3) is 3.11. The van der Waals surface area contributed by atoms with Crippen molar-refractivity contribution in [3.05, 3.63) is 28.2 Å². The molecule has 0 bridgehead atoms. The first-order chi connectivity index (χ1) is 10.0. The van der Waals surface area contributed by atoms with Crippen LogP contribution in [-0.4, -0.2) is 34.3 Å². The van der Waals surface area contributed by atoms with E-state index in [1.165, 1.54) is 5.56 Å². The van der Waals surface area contributed by atoms with Gasteiger partial charge in [-0.3, -0.25) is 5.10 Å². The minimum absolute atomic E-state index is 0.189. The van der Waals surface area contributed by atoms with Gasteiger partial charge in [0.1, 0.15) is 0 Å². The molecule has 1 aliphatic heterocycles. The number of hydrogen-bond donors (Lipinski definition) is 2. The maximum absolute atomic E-state index is 6.15. The van der Waals surface area contributed by atoms with E-state index in [9.17, 15) is 0 Å². The van der Waals surface area contributed by atoms with Crippen LogP contribution in [0.1, 0.15) is 18.9 Å². The van der Waals surface area contributed by atoms with Gasteiger partial charge in [-0.15, -0.1) is 5.10 Å². The second kappa shape index (κ2) is 5.77. The van der Waals surface area contributed by atoms with Crippen molar-refractivity contribution in [1.29, 1.82) is 0 Å². The summed E-state index contributed by atoms with van der Waals surface area (Å²) in [4.78, 5) is 6.79. The van der Waals surface area contributed by atoms with E-state index >= 15 is 0 Å². The molecule has 1 aromatic heterocycles. The van der Waals surface area contributed by atoms with Crippen molar-refractivity contribution < 1.29 is 0 Å². The Bertz CT molecular complexity index is 618. The molecule has 0 radical (unpaired) electrons. The predicted octanol–water partition coefficient (Wildman–Crippen LogP) is 2.72. The van der Waals surface area contributed by atoms with Crippen molar-refractivity contribution in [2.75, 3.05) is 18.0 Å². The van der Waals surface area contributed by atoms with Crippen molar-refractivity contribution >= 4 is 21.9 Å². The number of nitrogens with two attached hydrogens (primary N) is 1. The van der Waals surface area contributed by atoms with Crippen LogP contribution in [0.5, 0.6) is 0 Å². The smallest absolute Gasteiger partial charge is 0.245 e. The third-order valence-corrected chi connectivity index (χ3v) is 4.55. The highest BCUT2D eigenvalue weighted by atomic mass is 79.9. The molecule has 2 heterocycles. The Kier molecular flexibility index (Phi) is 3.99. The van der Waals surface area contributed by atoms with E-state index in [4.69, 9.17) is 5.73 Å². The first kappa shape index (κ1) is 14.5. The van der Waals surface area contributed by atoms with Gasteiger partial charge in [-0.05, 0) is 43.0 Å². The number of halogens is 1. The maximum Gasteiger partial charge on any atom is 0.245 e. The Labute approximate surface area is 133 Å². The van der Waals surface area contributed by atoms with Crippen molar-refractivity contribution in [2.24, 2.45) is 11.7 Å². The van der Waals surface area contributed by atoms with E-state index in [1.807, 2.05) is 6.07 Å². The number of nitrogens with zero attached hydrogens (tertiary/aromatic N) is 3. The standard InChI is InChI=1S/C15H20BrN5/c1-9-5-11(7-12(16)6-9)14-18-15(20-19-14)21-4-3-10(2)13(17)8-21/h5-7,10,13H,3-4,8,17H2,1-2H3,(H,18,19,20). The molecule has 21 heavy (non-hydrogen) atoms. The van der Waals surface area contributed by atoms with Gasteiger partial charge in [0.25, 0.3) is 0 Å². The molecule has 1 saturated heterocycles. The van der Waals surface area contributed by atoms with Crippen LogP contribution in [0.4, 0.5) is 5.95 Å². The Morgan fingerprint density at radius 1 is 1.38 bits per heavy atom. The van der Waals surface area contributed by atoms with E-state index in [-0.39, 0.29) is 6.04 Å². The zero-order chi connectivity index (χ0) is 15.0. The van der Waals surface area contributed by atoms with E-state index in [1.54, 1.807) is 0 Å². The molecule has 0 saturated carbocycles. The number of H-pyrrole nitrogens is 1. The number of anilines is 1. The molecule has 112 valence electrons. The fraction of sp³-hybridized carbons (Fsp3) is 0.467. The molecule has 0 amide bonds. The first-order valence-corrected chi connectivity index (χ1v) is 8.03. The minimum Gasteiger partial charge on any atom is -0.338 e. The van der Waals surface area contributed by atoms with Crippen LogP contribution >= 0.6 is 15.9 Å². The summed E-state index contributed by atoms with van der Waals surface area (Å²) in [5.41, 5.74) is 8.37. The van der Waals surface area contributed by atoms with E-state index in [0.29, 0.717) is 5.92 Å². The number of aromatic nitrogens is 3. The molecule has 2 atom stereocenters. The molecular formula is C15H20BrN5. The van der Waals surface area contributed by atoms with Gasteiger partial charge in [0, 0.05) is 29.2 Å². The van der Waals surface area contributed by atoms with Gasteiger partial charge < -0.3 is 10.6 Å². The molecule has 0 aliphatic carbocycles. The first-order valence-electron chi connectivity index (χ1n) is 7.23. The zero-order valence-electron chi connectivity index (χ0n) is 12.3. The quantitative estimate of drug-likeness (QED) is 0.874. The highest BCUT2D eigenvalue weighted by Crippen LogP contribution is 2.25. The monoisotopic (exact) mass is 349 g/mol. The lowest BCUT2D eigenvalue weighted by atomic mass is 9.95. The van der Waals surface area contributed by atoms with Crippen molar-refractivity contribution in [3.8, 4) is 11.4 Å². The minimum atomic E-state index is 0.189. The predicted molar refractivity (Wildman–Crippen MR) is 88.2 cm³/mol. The molecule has 2 aromatic rings. The summed E-state index contributed by atoms with van der Waals surface area (Å²) in [5, 5.41) is 7.39. The largest absolute Gasteiger partial charge is 0.338 e. The van der Waals surface area contributed by atoms with Crippen molar-refractivity contribution in [3.63, 3.8) is 0 Å². The lowest BCUT2D eigenvalue weighted by Gasteiger charge is -2.34. The Morgan fingerprint density at radius 3 is 2.90 bits per heavy atom. The molecule has 1 aromatic carbocycles. The summed E-state index contributed by atoms with van der Waals surface area (Å²) in [5.74, 6) is 2.10. The number of aromatic amines is 1. The average Bonchev–Trinajstić information content (AvgIpc) is 2.90. The number of benzene rings is 1. The molecule has 3 rings (SSSR count). The Balaban J connectivity index is 1.83. The molecule has 3 N–H and O–H groups in total. The molecule has 1 fully saturated rings. The molecule has 0 spiro atoms. The normalized spacial score (nSPS) is 22.6. The number of piperidine rings is 1. The molecule has 2 unspecified atom stereocenters. The zero-order valence-corrected chi connectivity index (χ0v) is 13.9. The fourth-order valence-corrected chi connectivity index (χ4v) is 3.29. The van der Waals surface area contributed by atoms with Gasteiger partial charge in [0.15, 0.2) is 5.82 Å². The van der Waals surface area contributed by atoms with E-state index in [2.05, 4.69) is 62.0 Å². The lowest BCUT2D eigenvalue weighted by molar-refractivity contribution is 0.376. The third-order valence-electron chi connectivity index (χ3n) is 4.09. The van der Waals surface area contributed by atoms with Crippen molar-refractivity contribution in [2.45, 2.75) is 26.3 Å². The molecule has 5 nitrogen and oxygen atoms in total. The summed E-state index contributed by atoms with van der Waals surface area (Å²) < 4.78 is 1.05. The van der Waals surface area contributed by atoms with Crippen molar-refractivity contribution in [1.82, 2.24) is 15.2 Å². The van der Waals surface area contributed by atoms with Crippen LogP contribution in [0.15, 0.2) is 22.7 Å². The summed E-state index contributed by atoms with van der Waals surface area (Å²) in [7, 11) is 0. The lowest BCUT2D eigenvalue weighted by Crippen LogP contribution is -2.48. The van der Waals surface area contributed by atoms with Gasteiger partial charge in [0.05, 0.1) is 0 Å². The fourth-order valence-electron chi connectivity index (χ4n) is 2.68. The highest BCUT2D eigenvalue weighted by Gasteiger charge is 2.25. The summed E-state index contributed by atoms with van der Waals surface area (Å²) in [6.07, 6.45) is 1.08. The number of nitrogens with one attached hydrogen (secondary N) is 1. The van der Waals surface area contributed by atoms with Crippen LogP contribution in [0.25, 0.3) is 11.4 Å². The molecule has 6 heteroatoms. The van der Waals surface area contributed by atoms with Gasteiger partial charge in [-0.1, -0.05) is 22.9 Å². The van der Waals surface area contributed by atoms with Gasteiger partial charge in [-0.2, -0.15) is 4.98 Å². The molecular weight excluding hydrogens is 330 g/mol. The Hall–Kier alpha value is -1.40. The van der Waals surface area contributed by atoms with Gasteiger partial charge in [-0.25, -0.2) is 0 Å². The summed E-state index contributed by atoms with van der Waals surface area (Å²) >= 11 is 3.52. The van der Waals surface area contributed by atoms with Crippen LogP contribution in [-0.2, 0) is 0 Å². The topological polar surface area (TPSA) is 70.8 Å². The summed E-state index contributed by atoms with van der Waals surface area (Å²) in [6, 6.07) is 6.40.